The van der Waals surface area contributed by atoms with Crippen LogP contribution in [0.5, 0.6) is 0 Å². The molecule has 0 saturated carbocycles. The first-order valence-corrected chi connectivity index (χ1v) is 7.39. The lowest BCUT2D eigenvalue weighted by molar-refractivity contribution is -0.310. The Kier molecular flexibility index (Phi) is 6.48. The van der Waals surface area contributed by atoms with E-state index in [1.54, 1.807) is 6.92 Å². The van der Waals surface area contributed by atoms with Crippen LogP contribution in [-0.2, 0) is 18.6 Å². The van der Waals surface area contributed by atoms with Gasteiger partial charge < -0.3 is 39.7 Å². The molecular weight excluding hydrogens is 299 g/mol. The first kappa shape index (κ1) is 17.9. The van der Waals surface area contributed by atoms with E-state index in [1.165, 1.54) is 0 Å². The highest BCUT2D eigenvalue weighted by molar-refractivity contribution is 7.46. The van der Waals surface area contributed by atoms with Crippen LogP contribution in [0, 0.1) is 0 Å². The molecule has 11 heteroatoms. The summed E-state index contributed by atoms with van der Waals surface area (Å²) in [6.07, 6.45) is -9.18. The van der Waals surface area contributed by atoms with E-state index in [4.69, 9.17) is 19.3 Å². The molecule has 1 saturated heterocycles. The van der Waals surface area contributed by atoms with E-state index < -0.39 is 51.2 Å². The maximum absolute atomic E-state index is 10.5. The highest BCUT2D eigenvalue weighted by Crippen LogP contribution is 2.36. The Hall–Kier alpha value is -0.130. The van der Waals surface area contributed by atoms with E-state index in [-0.39, 0.29) is 6.61 Å². The monoisotopic (exact) mass is 318 g/mol. The molecule has 0 aliphatic carbocycles. The van der Waals surface area contributed by atoms with E-state index in [0.717, 1.165) is 0 Å². The van der Waals surface area contributed by atoms with Gasteiger partial charge in [0.1, 0.15) is 30.5 Å². The van der Waals surface area contributed by atoms with E-state index in [9.17, 15) is 25.0 Å². The van der Waals surface area contributed by atoms with Crippen molar-refractivity contribution in [3.8, 4) is 0 Å². The maximum atomic E-state index is 10.5. The van der Waals surface area contributed by atoms with Crippen molar-refractivity contribution in [1.82, 2.24) is 0 Å². The van der Waals surface area contributed by atoms with Crippen LogP contribution in [0.2, 0.25) is 0 Å². The topological polar surface area (TPSA) is 166 Å². The summed E-state index contributed by atoms with van der Waals surface area (Å²) in [7, 11) is -4.79. The third kappa shape index (κ3) is 4.71. The second kappa shape index (κ2) is 7.23. The molecule has 1 aliphatic rings. The van der Waals surface area contributed by atoms with Crippen LogP contribution in [0.4, 0.5) is 0 Å². The molecule has 1 rings (SSSR count). The molecule has 1 aliphatic heterocycles. The fourth-order valence-electron chi connectivity index (χ4n) is 1.76. The van der Waals surface area contributed by atoms with Crippen molar-refractivity contribution in [2.24, 2.45) is 0 Å². The van der Waals surface area contributed by atoms with E-state index in [2.05, 4.69) is 4.52 Å². The minimum absolute atomic E-state index is 0.145. The van der Waals surface area contributed by atoms with Gasteiger partial charge in [-0.2, -0.15) is 0 Å². The molecule has 120 valence electrons. The molecule has 0 amide bonds. The molecule has 1 heterocycles. The van der Waals surface area contributed by atoms with Gasteiger partial charge in [-0.3, -0.25) is 4.52 Å². The molecule has 0 bridgehead atoms. The fraction of sp³-hybridized carbons (Fsp3) is 1.00. The Morgan fingerprint density at radius 3 is 2.30 bits per heavy atom. The van der Waals surface area contributed by atoms with Crippen molar-refractivity contribution in [2.75, 3.05) is 13.2 Å². The molecule has 10 nitrogen and oxygen atoms in total. The summed E-state index contributed by atoms with van der Waals surface area (Å²) in [6.45, 7) is 0.926. The molecule has 0 radical (unpaired) electrons. The van der Waals surface area contributed by atoms with Gasteiger partial charge in [0.15, 0.2) is 6.29 Å². The molecule has 0 spiro atoms. The van der Waals surface area contributed by atoms with Crippen LogP contribution in [0.25, 0.3) is 0 Å². The zero-order valence-electron chi connectivity index (χ0n) is 10.6. The largest absolute Gasteiger partial charge is 0.469 e. The highest BCUT2D eigenvalue weighted by Gasteiger charge is 2.47. The van der Waals surface area contributed by atoms with Crippen LogP contribution < -0.4 is 0 Å². The summed E-state index contributed by atoms with van der Waals surface area (Å²) in [4.78, 5) is 17.0. The van der Waals surface area contributed by atoms with Crippen LogP contribution in [0.1, 0.15) is 6.92 Å². The number of aliphatic hydroxyl groups is 4. The number of rotatable bonds is 6. The SMILES string of the molecule is CCO[C@H]1OC([C@H](O)COP(=O)(O)O)[C@@H](O)C(O)[C@H]1O. The van der Waals surface area contributed by atoms with Crippen LogP contribution in [0.15, 0.2) is 0 Å². The van der Waals surface area contributed by atoms with Gasteiger partial charge in [-0.15, -0.1) is 0 Å². The minimum Gasteiger partial charge on any atom is -0.388 e. The van der Waals surface area contributed by atoms with Crippen LogP contribution in [0.3, 0.4) is 0 Å². The summed E-state index contributed by atoms with van der Waals surface area (Å²) in [6, 6.07) is 0. The quantitative estimate of drug-likeness (QED) is 0.284. The lowest BCUT2D eigenvalue weighted by atomic mass is 9.95. The molecule has 6 atom stereocenters. The molecular formula is C9H19O10P. The molecule has 2 unspecified atom stereocenters. The predicted octanol–water partition coefficient (Wildman–Crippen LogP) is -2.70. The van der Waals surface area contributed by atoms with Gasteiger partial charge in [0.25, 0.3) is 0 Å². The minimum atomic E-state index is -4.79. The normalized spacial score (nSPS) is 36.9. The fourth-order valence-corrected chi connectivity index (χ4v) is 2.11. The zero-order chi connectivity index (χ0) is 15.5. The molecule has 6 N–H and O–H groups in total. The number of ether oxygens (including phenoxy) is 2. The van der Waals surface area contributed by atoms with E-state index >= 15 is 0 Å². The second-order valence-corrected chi connectivity index (χ2v) is 5.49. The number of aliphatic hydroxyl groups excluding tert-OH is 4. The summed E-state index contributed by atoms with van der Waals surface area (Å²) in [5.41, 5.74) is 0. The van der Waals surface area contributed by atoms with Crippen molar-refractivity contribution in [3.63, 3.8) is 0 Å². The van der Waals surface area contributed by atoms with Crippen molar-refractivity contribution in [1.29, 1.82) is 0 Å². The summed E-state index contributed by atoms with van der Waals surface area (Å²) in [5, 5.41) is 38.6. The Balaban J connectivity index is 2.69. The Morgan fingerprint density at radius 2 is 1.80 bits per heavy atom. The van der Waals surface area contributed by atoms with Gasteiger partial charge in [0.05, 0.1) is 6.61 Å². The predicted molar refractivity (Wildman–Crippen MR) is 62.3 cm³/mol. The lowest BCUT2D eigenvalue weighted by Gasteiger charge is -2.41. The molecule has 20 heavy (non-hydrogen) atoms. The maximum Gasteiger partial charge on any atom is 0.469 e. The molecule has 0 aromatic carbocycles. The van der Waals surface area contributed by atoms with Gasteiger partial charge in [-0.05, 0) is 6.92 Å². The number of phosphoric ester groups is 1. The Labute approximate surface area is 114 Å². The van der Waals surface area contributed by atoms with Gasteiger partial charge in [-0.25, -0.2) is 4.57 Å². The van der Waals surface area contributed by atoms with Gasteiger partial charge in [0, 0.05) is 6.61 Å². The van der Waals surface area contributed by atoms with E-state index in [0.29, 0.717) is 0 Å². The summed E-state index contributed by atoms with van der Waals surface area (Å²) < 4.78 is 24.7. The van der Waals surface area contributed by atoms with Crippen molar-refractivity contribution >= 4 is 7.82 Å². The van der Waals surface area contributed by atoms with E-state index in [1.807, 2.05) is 0 Å². The first-order valence-electron chi connectivity index (χ1n) is 5.86. The third-order valence-corrected chi connectivity index (χ3v) is 3.22. The van der Waals surface area contributed by atoms with Gasteiger partial charge >= 0.3 is 7.82 Å². The Morgan fingerprint density at radius 1 is 1.20 bits per heavy atom. The Bertz CT molecular complexity index is 346. The van der Waals surface area contributed by atoms with Crippen molar-refractivity contribution in [3.05, 3.63) is 0 Å². The van der Waals surface area contributed by atoms with Crippen molar-refractivity contribution < 1.29 is 48.8 Å². The zero-order valence-corrected chi connectivity index (χ0v) is 11.5. The lowest BCUT2D eigenvalue weighted by Crippen LogP contribution is -2.61. The van der Waals surface area contributed by atoms with Gasteiger partial charge in [0.2, 0.25) is 0 Å². The second-order valence-electron chi connectivity index (χ2n) is 4.25. The number of hydrogen-bond acceptors (Lipinski definition) is 8. The summed E-state index contributed by atoms with van der Waals surface area (Å²) >= 11 is 0. The molecule has 1 fully saturated rings. The van der Waals surface area contributed by atoms with Gasteiger partial charge in [-0.1, -0.05) is 0 Å². The number of phosphoric acid groups is 1. The summed E-state index contributed by atoms with van der Waals surface area (Å²) in [5.74, 6) is 0. The average Bonchev–Trinajstić information content (AvgIpc) is 2.36. The third-order valence-electron chi connectivity index (χ3n) is 2.73. The van der Waals surface area contributed by atoms with Crippen LogP contribution >= 0.6 is 7.82 Å². The molecule has 0 aromatic heterocycles. The van der Waals surface area contributed by atoms with Crippen molar-refractivity contribution in [2.45, 2.75) is 43.7 Å². The number of hydrogen-bond donors (Lipinski definition) is 6. The van der Waals surface area contributed by atoms with Crippen LogP contribution in [-0.4, -0.2) is 80.2 Å². The highest BCUT2D eigenvalue weighted by atomic mass is 31.2. The average molecular weight is 318 g/mol. The smallest absolute Gasteiger partial charge is 0.388 e. The standard InChI is InChI=1S/C9H19O10P/c1-2-17-9-7(13)5(11)6(12)8(19-9)4(10)3-18-20(14,15)16/h4-13H,2-3H2,1H3,(H2,14,15,16)/t4-,5?,6+,7-,8?,9+/m1/s1. The first-order chi connectivity index (χ1) is 9.17. The molecule has 0 aromatic rings.